The maximum Gasteiger partial charge on any atom is 0.254 e. The van der Waals surface area contributed by atoms with Crippen LogP contribution in [0.4, 0.5) is 0 Å². The molecule has 2 aliphatic rings. The van der Waals surface area contributed by atoms with Crippen LogP contribution in [0.15, 0.2) is 59.8 Å². The molecule has 160 valence electrons. The molecule has 1 atom stereocenters. The first-order valence-electron chi connectivity index (χ1n) is 10.6. The third-order valence-corrected chi connectivity index (χ3v) is 5.52. The Labute approximate surface area is 179 Å². The number of amides is 1. The number of rotatable bonds is 8. The van der Waals surface area contributed by atoms with Gasteiger partial charge in [0.2, 0.25) is 0 Å². The largest absolute Gasteiger partial charge is 0.507 e. The molecule has 1 aromatic rings. The third-order valence-electron chi connectivity index (χ3n) is 5.52. The van der Waals surface area contributed by atoms with E-state index >= 15 is 0 Å². The number of nitrogens with one attached hydrogen (secondary N) is 1. The summed E-state index contributed by atoms with van der Waals surface area (Å²) < 4.78 is 0. The van der Waals surface area contributed by atoms with Gasteiger partial charge < -0.3 is 5.11 Å². The lowest BCUT2D eigenvalue weighted by Gasteiger charge is -2.35. The SMILES string of the molecule is C=CCc1cccc(C=NNC(=O)CN2CCN(CC3=CC=CC(C)C3)CC2)c1O. The molecule has 0 bridgehead atoms. The monoisotopic (exact) mass is 408 g/mol. The lowest BCUT2D eigenvalue weighted by molar-refractivity contribution is -0.122. The Morgan fingerprint density at radius 2 is 2.07 bits per heavy atom. The predicted octanol–water partition coefficient (Wildman–Crippen LogP) is 2.71. The highest BCUT2D eigenvalue weighted by Gasteiger charge is 2.20. The van der Waals surface area contributed by atoms with Crippen LogP contribution in [-0.4, -0.2) is 66.3 Å². The van der Waals surface area contributed by atoms with Crippen molar-refractivity contribution in [1.29, 1.82) is 0 Å². The molecule has 2 N–H and O–H groups in total. The molecule has 1 heterocycles. The number of phenolic OH excluding ortho intramolecular Hbond substituents is 1. The molecule has 1 aliphatic carbocycles. The number of hydrazone groups is 1. The van der Waals surface area contributed by atoms with E-state index < -0.39 is 0 Å². The third kappa shape index (κ3) is 6.40. The van der Waals surface area contributed by atoms with Crippen LogP contribution < -0.4 is 5.43 Å². The zero-order chi connectivity index (χ0) is 21.3. The number of nitrogens with zero attached hydrogens (tertiary/aromatic N) is 3. The number of carbonyl (C=O) groups is 1. The fraction of sp³-hybridized carbons (Fsp3) is 0.417. The van der Waals surface area contributed by atoms with Gasteiger partial charge in [-0.15, -0.1) is 6.58 Å². The Morgan fingerprint density at radius 1 is 1.30 bits per heavy atom. The van der Waals surface area contributed by atoms with E-state index in [-0.39, 0.29) is 11.7 Å². The minimum Gasteiger partial charge on any atom is -0.507 e. The number of carbonyl (C=O) groups excluding carboxylic acids is 1. The van der Waals surface area contributed by atoms with Crippen LogP contribution in [0.2, 0.25) is 0 Å². The molecule has 1 saturated heterocycles. The second kappa shape index (κ2) is 10.9. The predicted molar refractivity (Wildman–Crippen MR) is 122 cm³/mol. The number of hydrogen-bond donors (Lipinski definition) is 2. The second-order valence-electron chi connectivity index (χ2n) is 8.08. The van der Waals surface area contributed by atoms with Crippen molar-refractivity contribution in [3.8, 4) is 5.75 Å². The summed E-state index contributed by atoms with van der Waals surface area (Å²) >= 11 is 0. The average molecular weight is 409 g/mol. The van der Waals surface area contributed by atoms with Crippen LogP contribution in [0.3, 0.4) is 0 Å². The van der Waals surface area contributed by atoms with E-state index in [2.05, 4.69) is 52.1 Å². The molecule has 6 nitrogen and oxygen atoms in total. The van der Waals surface area contributed by atoms with Crippen LogP contribution in [0.25, 0.3) is 0 Å². The lowest BCUT2D eigenvalue weighted by atomic mass is 9.95. The first kappa shape index (κ1) is 22.0. The number of para-hydroxylation sites is 1. The van der Waals surface area contributed by atoms with Gasteiger partial charge in [0.25, 0.3) is 5.91 Å². The Hall–Kier alpha value is -2.70. The zero-order valence-electron chi connectivity index (χ0n) is 17.8. The highest BCUT2D eigenvalue weighted by atomic mass is 16.3. The van der Waals surface area contributed by atoms with Gasteiger partial charge in [0, 0.05) is 38.3 Å². The van der Waals surface area contributed by atoms with Gasteiger partial charge in [-0.1, -0.05) is 48.9 Å². The molecule has 1 amide bonds. The maximum atomic E-state index is 12.2. The van der Waals surface area contributed by atoms with Gasteiger partial charge in [0.05, 0.1) is 12.8 Å². The molecule has 0 radical (unpaired) electrons. The minimum atomic E-state index is -0.143. The van der Waals surface area contributed by atoms with Gasteiger partial charge in [-0.05, 0) is 30.4 Å². The van der Waals surface area contributed by atoms with Crippen molar-refractivity contribution in [2.75, 3.05) is 39.3 Å². The fourth-order valence-corrected chi connectivity index (χ4v) is 3.89. The number of aromatic hydroxyl groups is 1. The first-order valence-corrected chi connectivity index (χ1v) is 10.6. The highest BCUT2D eigenvalue weighted by molar-refractivity contribution is 5.86. The van der Waals surface area contributed by atoms with E-state index in [9.17, 15) is 9.90 Å². The number of piperazine rings is 1. The van der Waals surface area contributed by atoms with Crippen molar-refractivity contribution in [2.24, 2.45) is 11.0 Å². The quantitative estimate of drug-likeness (QED) is 0.394. The van der Waals surface area contributed by atoms with E-state index in [0.717, 1.165) is 44.7 Å². The Bertz CT molecular complexity index is 836. The summed E-state index contributed by atoms with van der Waals surface area (Å²) in [7, 11) is 0. The molecule has 30 heavy (non-hydrogen) atoms. The van der Waals surface area contributed by atoms with Crippen LogP contribution in [-0.2, 0) is 11.2 Å². The van der Waals surface area contributed by atoms with Gasteiger partial charge in [-0.25, -0.2) is 5.43 Å². The summed E-state index contributed by atoms with van der Waals surface area (Å²) in [6.45, 7) is 11.0. The molecular weight excluding hydrogens is 376 g/mol. The Kier molecular flexibility index (Phi) is 7.99. The molecule has 0 spiro atoms. The molecule has 0 aromatic heterocycles. The molecule has 1 aliphatic heterocycles. The highest BCUT2D eigenvalue weighted by Crippen LogP contribution is 2.21. The molecule has 0 saturated carbocycles. The molecular formula is C24H32N4O2. The number of hydrogen-bond acceptors (Lipinski definition) is 5. The van der Waals surface area contributed by atoms with Crippen LogP contribution in [0.5, 0.6) is 5.75 Å². The molecule has 1 aromatic carbocycles. The summed E-state index contributed by atoms with van der Waals surface area (Å²) in [5.41, 5.74) is 5.42. The Balaban J connectivity index is 1.40. The van der Waals surface area contributed by atoms with Crippen molar-refractivity contribution >= 4 is 12.1 Å². The summed E-state index contributed by atoms with van der Waals surface area (Å²) in [6.07, 6.45) is 11.6. The van der Waals surface area contributed by atoms with Gasteiger partial charge in [-0.2, -0.15) is 5.10 Å². The second-order valence-corrected chi connectivity index (χ2v) is 8.08. The van der Waals surface area contributed by atoms with Crippen molar-refractivity contribution in [1.82, 2.24) is 15.2 Å². The van der Waals surface area contributed by atoms with Crippen molar-refractivity contribution in [3.05, 3.63) is 65.8 Å². The lowest BCUT2D eigenvalue weighted by Crippen LogP contribution is -2.49. The molecule has 3 rings (SSSR count). The maximum absolute atomic E-state index is 12.2. The van der Waals surface area contributed by atoms with E-state index in [1.165, 1.54) is 11.8 Å². The van der Waals surface area contributed by atoms with Crippen molar-refractivity contribution in [2.45, 2.75) is 19.8 Å². The van der Waals surface area contributed by atoms with Gasteiger partial charge in [-0.3, -0.25) is 14.6 Å². The van der Waals surface area contributed by atoms with E-state index in [1.54, 1.807) is 12.1 Å². The molecule has 6 heteroatoms. The van der Waals surface area contributed by atoms with Crippen molar-refractivity contribution in [3.63, 3.8) is 0 Å². The van der Waals surface area contributed by atoms with E-state index in [0.29, 0.717) is 24.4 Å². The van der Waals surface area contributed by atoms with E-state index in [4.69, 9.17) is 0 Å². The first-order chi connectivity index (χ1) is 14.5. The van der Waals surface area contributed by atoms with Crippen LogP contribution >= 0.6 is 0 Å². The summed E-state index contributed by atoms with van der Waals surface area (Å²) in [4.78, 5) is 16.8. The van der Waals surface area contributed by atoms with Crippen molar-refractivity contribution < 1.29 is 9.90 Å². The van der Waals surface area contributed by atoms with E-state index in [1.807, 2.05) is 12.1 Å². The number of benzene rings is 1. The molecule has 1 fully saturated rings. The van der Waals surface area contributed by atoms with Crippen LogP contribution in [0.1, 0.15) is 24.5 Å². The normalized spacial score (nSPS) is 20.3. The van der Waals surface area contributed by atoms with Gasteiger partial charge in [0.1, 0.15) is 5.75 Å². The number of phenols is 1. The number of allylic oxidation sites excluding steroid dienone is 4. The average Bonchev–Trinajstić information content (AvgIpc) is 2.72. The smallest absolute Gasteiger partial charge is 0.254 e. The van der Waals surface area contributed by atoms with Crippen LogP contribution in [0, 0.1) is 5.92 Å². The summed E-state index contributed by atoms with van der Waals surface area (Å²) in [5.74, 6) is 0.654. The van der Waals surface area contributed by atoms with Gasteiger partial charge in [0.15, 0.2) is 0 Å². The zero-order valence-corrected chi connectivity index (χ0v) is 17.8. The summed E-state index contributed by atoms with van der Waals surface area (Å²) in [6, 6.07) is 5.45. The standard InChI is InChI=1S/C24H32N4O2/c1-3-6-21-9-5-10-22(24(21)30)16-25-26-23(29)18-28-13-11-27(12-14-28)17-20-8-4-7-19(2)15-20/h3-5,7-10,16,19,30H,1,6,11-15,17-18H2,2H3,(H,26,29). The fourth-order valence-electron chi connectivity index (χ4n) is 3.89. The Morgan fingerprint density at radius 3 is 2.80 bits per heavy atom. The minimum absolute atomic E-state index is 0.143. The summed E-state index contributed by atoms with van der Waals surface area (Å²) in [5, 5.41) is 14.2. The molecule has 1 unspecified atom stereocenters. The van der Waals surface area contributed by atoms with Gasteiger partial charge >= 0.3 is 0 Å². The topological polar surface area (TPSA) is 68.2 Å².